The average molecular weight is 258 g/mol. The maximum Gasteiger partial charge on any atom is 0.231 e. The molecule has 0 aliphatic carbocycles. The van der Waals surface area contributed by atoms with Crippen molar-refractivity contribution in [1.29, 1.82) is 0 Å². The SMILES string of the molecule is c1cc2cc3c(cc2c(OC2CCNC2)n1)OCO3. The number of hydrogen-bond acceptors (Lipinski definition) is 5. The van der Waals surface area contributed by atoms with E-state index in [1.807, 2.05) is 18.2 Å². The molecular weight excluding hydrogens is 244 g/mol. The average Bonchev–Trinajstić information content (AvgIpc) is 3.07. The van der Waals surface area contributed by atoms with Crippen LogP contribution in [0.2, 0.25) is 0 Å². The predicted octanol–water partition coefficient (Wildman–Crippen LogP) is 1.70. The number of hydrogen-bond donors (Lipinski definition) is 1. The molecule has 1 unspecified atom stereocenters. The van der Waals surface area contributed by atoms with Crippen LogP contribution in [-0.4, -0.2) is 31.0 Å². The minimum atomic E-state index is 0.198. The van der Waals surface area contributed by atoms with Gasteiger partial charge in [0.15, 0.2) is 11.5 Å². The number of ether oxygens (including phenoxy) is 3. The van der Waals surface area contributed by atoms with E-state index in [4.69, 9.17) is 14.2 Å². The van der Waals surface area contributed by atoms with Crippen LogP contribution in [0.25, 0.3) is 10.8 Å². The van der Waals surface area contributed by atoms with Gasteiger partial charge < -0.3 is 19.5 Å². The fourth-order valence-electron chi connectivity index (χ4n) is 2.52. The quantitative estimate of drug-likeness (QED) is 0.888. The summed E-state index contributed by atoms with van der Waals surface area (Å²) in [6.45, 7) is 2.16. The van der Waals surface area contributed by atoms with Crippen LogP contribution in [0, 0.1) is 0 Å². The predicted molar refractivity (Wildman–Crippen MR) is 69.8 cm³/mol. The molecule has 0 radical (unpaired) electrons. The number of nitrogens with one attached hydrogen (secondary N) is 1. The van der Waals surface area contributed by atoms with Gasteiger partial charge in [0.2, 0.25) is 12.7 Å². The lowest BCUT2D eigenvalue weighted by atomic mass is 10.1. The fourth-order valence-corrected chi connectivity index (χ4v) is 2.52. The summed E-state index contributed by atoms with van der Waals surface area (Å²) in [4.78, 5) is 4.35. The molecule has 2 aromatic rings. The summed E-state index contributed by atoms with van der Waals surface area (Å²) >= 11 is 0. The molecule has 0 bridgehead atoms. The molecule has 2 aliphatic heterocycles. The van der Waals surface area contributed by atoms with Gasteiger partial charge in [0, 0.05) is 18.1 Å². The highest BCUT2D eigenvalue weighted by Crippen LogP contribution is 2.38. The number of pyridine rings is 1. The molecule has 0 spiro atoms. The summed E-state index contributed by atoms with van der Waals surface area (Å²) < 4.78 is 16.8. The van der Waals surface area contributed by atoms with Gasteiger partial charge in [-0.05, 0) is 36.6 Å². The molecule has 0 amide bonds. The second-order valence-electron chi connectivity index (χ2n) is 4.78. The maximum absolute atomic E-state index is 5.98. The Hall–Kier alpha value is -2.01. The zero-order valence-corrected chi connectivity index (χ0v) is 10.4. The molecule has 1 saturated heterocycles. The standard InChI is InChI=1S/C14H14N2O3/c1-4-16-14(19-10-2-3-15-7-10)11-6-13-12(5-9(1)11)17-8-18-13/h1,4-6,10,15H,2-3,7-8H2. The molecule has 3 heterocycles. The third-order valence-corrected chi connectivity index (χ3v) is 3.51. The summed E-state index contributed by atoms with van der Waals surface area (Å²) in [6.07, 6.45) is 2.98. The molecule has 2 aliphatic rings. The summed E-state index contributed by atoms with van der Waals surface area (Å²) in [6, 6.07) is 5.87. The van der Waals surface area contributed by atoms with Gasteiger partial charge in [-0.2, -0.15) is 0 Å². The van der Waals surface area contributed by atoms with Crippen molar-refractivity contribution in [2.75, 3.05) is 19.9 Å². The number of rotatable bonds is 2. The van der Waals surface area contributed by atoms with Gasteiger partial charge in [0.25, 0.3) is 0 Å². The van der Waals surface area contributed by atoms with Crippen molar-refractivity contribution in [3.05, 3.63) is 24.4 Å². The van der Waals surface area contributed by atoms with Crippen molar-refractivity contribution in [3.8, 4) is 17.4 Å². The first-order valence-corrected chi connectivity index (χ1v) is 6.46. The molecule has 5 heteroatoms. The minimum absolute atomic E-state index is 0.198. The Kier molecular flexibility index (Phi) is 2.45. The molecule has 1 atom stereocenters. The van der Waals surface area contributed by atoms with E-state index in [2.05, 4.69) is 10.3 Å². The van der Waals surface area contributed by atoms with Gasteiger partial charge in [-0.1, -0.05) is 0 Å². The Bertz CT molecular complexity index is 623. The van der Waals surface area contributed by atoms with Crippen LogP contribution in [0.15, 0.2) is 24.4 Å². The van der Waals surface area contributed by atoms with Crippen LogP contribution in [0.5, 0.6) is 17.4 Å². The van der Waals surface area contributed by atoms with Crippen LogP contribution in [0.1, 0.15) is 6.42 Å². The third-order valence-electron chi connectivity index (χ3n) is 3.51. The zero-order chi connectivity index (χ0) is 12.7. The van der Waals surface area contributed by atoms with Gasteiger partial charge in [-0.15, -0.1) is 0 Å². The Morgan fingerprint density at radius 1 is 1.26 bits per heavy atom. The number of fused-ring (bicyclic) bond motifs is 2. The van der Waals surface area contributed by atoms with E-state index < -0.39 is 0 Å². The summed E-state index contributed by atoms with van der Waals surface area (Å²) in [5.74, 6) is 2.21. The van der Waals surface area contributed by atoms with Crippen LogP contribution in [0.4, 0.5) is 0 Å². The van der Waals surface area contributed by atoms with Crippen molar-refractivity contribution in [1.82, 2.24) is 10.3 Å². The second-order valence-corrected chi connectivity index (χ2v) is 4.78. The summed E-state index contributed by atoms with van der Waals surface area (Å²) in [7, 11) is 0. The topological polar surface area (TPSA) is 52.6 Å². The molecule has 1 aromatic heterocycles. The Balaban J connectivity index is 1.77. The van der Waals surface area contributed by atoms with Crippen LogP contribution in [0.3, 0.4) is 0 Å². The van der Waals surface area contributed by atoms with E-state index in [0.717, 1.165) is 41.8 Å². The third kappa shape index (κ3) is 1.86. The van der Waals surface area contributed by atoms with Crippen molar-refractivity contribution >= 4 is 10.8 Å². The first-order valence-electron chi connectivity index (χ1n) is 6.46. The Morgan fingerprint density at radius 2 is 2.16 bits per heavy atom. The maximum atomic E-state index is 5.98. The van der Waals surface area contributed by atoms with Gasteiger partial charge in [0.05, 0.1) is 0 Å². The number of benzene rings is 1. The zero-order valence-electron chi connectivity index (χ0n) is 10.4. The van der Waals surface area contributed by atoms with E-state index in [0.29, 0.717) is 5.88 Å². The molecule has 1 N–H and O–H groups in total. The van der Waals surface area contributed by atoms with Crippen LogP contribution >= 0.6 is 0 Å². The number of nitrogens with zero attached hydrogens (tertiary/aromatic N) is 1. The molecule has 5 nitrogen and oxygen atoms in total. The van der Waals surface area contributed by atoms with Crippen LogP contribution < -0.4 is 19.5 Å². The Labute approximate surface area is 110 Å². The van der Waals surface area contributed by atoms with E-state index in [-0.39, 0.29) is 12.9 Å². The molecule has 1 aromatic carbocycles. The minimum Gasteiger partial charge on any atom is -0.473 e. The molecule has 1 fully saturated rings. The molecular formula is C14H14N2O3. The van der Waals surface area contributed by atoms with Gasteiger partial charge in [0.1, 0.15) is 6.10 Å². The van der Waals surface area contributed by atoms with Crippen molar-refractivity contribution in [3.63, 3.8) is 0 Å². The molecule has 4 rings (SSSR count). The highest BCUT2D eigenvalue weighted by Gasteiger charge is 2.20. The first kappa shape index (κ1) is 10.9. The molecule has 0 saturated carbocycles. The van der Waals surface area contributed by atoms with Gasteiger partial charge >= 0.3 is 0 Å². The van der Waals surface area contributed by atoms with E-state index in [1.165, 1.54) is 0 Å². The highest BCUT2D eigenvalue weighted by molar-refractivity contribution is 5.90. The smallest absolute Gasteiger partial charge is 0.231 e. The number of aromatic nitrogens is 1. The van der Waals surface area contributed by atoms with Gasteiger partial charge in [-0.25, -0.2) is 4.98 Å². The lowest BCUT2D eigenvalue weighted by molar-refractivity contribution is 0.174. The van der Waals surface area contributed by atoms with E-state index >= 15 is 0 Å². The molecule has 19 heavy (non-hydrogen) atoms. The van der Waals surface area contributed by atoms with E-state index in [1.54, 1.807) is 6.20 Å². The van der Waals surface area contributed by atoms with Crippen molar-refractivity contribution < 1.29 is 14.2 Å². The Morgan fingerprint density at radius 3 is 3.00 bits per heavy atom. The van der Waals surface area contributed by atoms with Crippen LogP contribution in [-0.2, 0) is 0 Å². The lowest BCUT2D eigenvalue weighted by Gasteiger charge is -2.13. The second kappa shape index (κ2) is 4.28. The fraction of sp³-hybridized carbons (Fsp3) is 0.357. The van der Waals surface area contributed by atoms with Crippen molar-refractivity contribution in [2.24, 2.45) is 0 Å². The van der Waals surface area contributed by atoms with Gasteiger partial charge in [-0.3, -0.25) is 0 Å². The van der Waals surface area contributed by atoms with Crippen molar-refractivity contribution in [2.45, 2.75) is 12.5 Å². The molecule has 98 valence electrons. The summed E-state index contributed by atoms with van der Waals surface area (Å²) in [5.41, 5.74) is 0. The largest absolute Gasteiger partial charge is 0.473 e. The lowest BCUT2D eigenvalue weighted by Crippen LogP contribution is -2.20. The first-order chi connectivity index (χ1) is 9.40. The summed E-state index contributed by atoms with van der Waals surface area (Å²) in [5, 5.41) is 5.31. The monoisotopic (exact) mass is 258 g/mol. The normalized spacial score (nSPS) is 20.9. The van der Waals surface area contributed by atoms with E-state index in [9.17, 15) is 0 Å². The highest BCUT2D eigenvalue weighted by atomic mass is 16.7.